The zero-order chi connectivity index (χ0) is 16.8. The van der Waals surface area contributed by atoms with Crippen molar-refractivity contribution in [1.29, 1.82) is 0 Å². The Hall–Kier alpha value is -2.01. The van der Waals surface area contributed by atoms with Crippen LogP contribution in [0.1, 0.15) is 17.5 Å². The fourth-order valence-electron chi connectivity index (χ4n) is 2.24. The van der Waals surface area contributed by atoms with Crippen LogP contribution >= 0.6 is 15.9 Å². The third-order valence-electron chi connectivity index (χ3n) is 3.53. The van der Waals surface area contributed by atoms with E-state index >= 15 is 0 Å². The number of hydrogen-bond acceptors (Lipinski definition) is 3. The summed E-state index contributed by atoms with van der Waals surface area (Å²) >= 11 is 3.45. The molecule has 0 aliphatic heterocycles. The zero-order valence-corrected chi connectivity index (χ0v) is 15.1. The number of anilines is 1. The van der Waals surface area contributed by atoms with Gasteiger partial charge < -0.3 is 14.8 Å². The number of hydrogen-bond donors (Lipinski definition) is 1. The first kappa shape index (κ1) is 17.3. The molecule has 4 nitrogen and oxygen atoms in total. The van der Waals surface area contributed by atoms with E-state index < -0.39 is 0 Å². The normalized spacial score (nSPS) is 10.3. The molecule has 1 amide bonds. The molecule has 0 spiro atoms. The summed E-state index contributed by atoms with van der Waals surface area (Å²) in [6.07, 6.45) is 1.05. The lowest BCUT2D eigenvalue weighted by Gasteiger charge is -2.10. The molecule has 0 saturated carbocycles. The predicted octanol–water partition coefficient (Wildman–Crippen LogP) is 4.35. The Kier molecular flexibility index (Phi) is 6.04. The highest BCUT2D eigenvalue weighted by Crippen LogP contribution is 2.28. The van der Waals surface area contributed by atoms with E-state index in [-0.39, 0.29) is 5.91 Å². The highest BCUT2D eigenvalue weighted by atomic mass is 79.9. The van der Waals surface area contributed by atoms with Crippen molar-refractivity contribution in [2.24, 2.45) is 0 Å². The quantitative estimate of drug-likeness (QED) is 0.813. The van der Waals surface area contributed by atoms with Gasteiger partial charge in [0, 0.05) is 16.6 Å². The van der Waals surface area contributed by atoms with E-state index in [1.807, 2.05) is 43.3 Å². The maximum atomic E-state index is 12.1. The molecule has 0 saturated heterocycles. The smallest absolute Gasteiger partial charge is 0.224 e. The molecule has 0 bridgehead atoms. The first-order chi connectivity index (χ1) is 11.0. The Morgan fingerprint density at radius 3 is 2.48 bits per heavy atom. The Morgan fingerprint density at radius 2 is 1.83 bits per heavy atom. The van der Waals surface area contributed by atoms with Gasteiger partial charge in [-0.25, -0.2) is 0 Å². The van der Waals surface area contributed by atoms with E-state index in [1.54, 1.807) is 14.2 Å². The molecule has 122 valence electrons. The van der Waals surface area contributed by atoms with E-state index in [2.05, 4.69) is 21.2 Å². The summed E-state index contributed by atoms with van der Waals surface area (Å²) in [6, 6.07) is 11.4. The third kappa shape index (κ3) is 4.73. The monoisotopic (exact) mass is 377 g/mol. The highest BCUT2D eigenvalue weighted by molar-refractivity contribution is 9.10. The Morgan fingerprint density at radius 1 is 1.09 bits per heavy atom. The molecule has 0 heterocycles. The lowest BCUT2D eigenvalue weighted by atomic mass is 10.1. The number of ether oxygens (including phenoxy) is 2. The molecule has 0 aliphatic rings. The number of amides is 1. The number of benzene rings is 2. The van der Waals surface area contributed by atoms with Crippen LogP contribution in [0.4, 0.5) is 5.69 Å². The molecule has 0 radical (unpaired) electrons. The topological polar surface area (TPSA) is 47.6 Å². The number of carbonyl (C=O) groups excluding carboxylic acids is 1. The number of rotatable bonds is 6. The molecular weight excluding hydrogens is 358 g/mol. The Labute approximate surface area is 144 Å². The van der Waals surface area contributed by atoms with Gasteiger partial charge in [0.15, 0.2) is 11.5 Å². The predicted molar refractivity (Wildman–Crippen MR) is 95.4 cm³/mol. The minimum Gasteiger partial charge on any atom is -0.493 e. The average Bonchev–Trinajstić information content (AvgIpc) is 2.56. The number of carbonyl (C=O) groups is 1. The van der Waals surface area contributed by atoms with E-state index in [9.17, 15) is 4.79 Å². The van der Waals surface area contributed by atoms with Crippen LogP contribution in [0.5, 0.6) is 11.5 Å². The summed E-state index contributed by atoms with van der Waals surface area (Å²) in [4.78, 5) is 12.1. The van der Waals surface area contributed by atoms with Gasteiger partial charge in [0.05, 0.1) is 14.2 Å². The van der Waals surface area contributed by atoms with E-state index in [0.717, 1.165) is 21.3 Å². The second-order valence-electron chi connectivity index (χ2n) is 5.20. The molecule has 0 aliphatic carbocycles. The van der Waals surface area contributed by atoms with Crippen molar-refractivity contribution < 1.29 is 14.3 Å². The molecular formula is C18H20BrNO3. The van der Waals surface area contributed by atoms with Gasteiger partial charge in [-0.2, -0.15) is 0 Å². The maximum absolute atomic E-state index is 12.1. The van der Waals surface area contributed by atoms with E-state index in [4.69, 9.17) is 9.47 Å². The van der Waals surface area contributed by atoms with Crippen molar-refractivity contribution in [2.45, 2.75) is 19.8 Å². The fraction of sp³-hybridized carbons (Fsp3) is 0.278. The van der Waals surface area contributed by atoms with Gasteiger partial charge in [-0.3, -0.25) is 4.79 Å². The lowest BCUT2D eigenvalue weighted by Crippen LogP contribution is -2.12. The first-order valence-corrected chi connectivity index (χ1v) is 8.09. The molecule has 2 aromatic carbocycles. The van der Waals surface area contributed by atoms with E-state index in [1.165, 1.54) is 0 Å². The van der Waals surface area contributed by atoms with Crippen LogP contribution in [0.25, 0.3) is 0 Å². The van der Waals surface area contributed by atoms with Crippen LogP contribution in [-0.2, 0) is 11.2 Å². The van der Waals surface area contributed by atoms with Gasteiger partial charge in [0.25, 0.3) is 0 Å². The highest BCUT2D eigenvalue weighted by Gasteiger charge is 2.08. The molecule has 0 fully saturated rings. The standard InChI is InChI=1S/C18H20BrNO3/c1-12-10-14(6-7-15(12)19)20-18(21)9-5-13-4-8-16(22-2)17(11-13)23-3/h4,6-8,10-11H,5,9H2,1-3H3,(H,20,21). The van der Waals surface area contributed by atoms with Crippen molar-refractivity contribution >= 4 is 27.5 Å². The summed E-state index contributed by atoms with van der Waals surface area (Å²) in [7, 11) is 3.20. The largest absolute Gasteiger partial charge is 0.493 e. The van der Waals surface area contributed by atoms with Gasteiger partial charge in [-0.15, -0.1) is 0 Å². The Balaban J connectivity index is 1.95. The zero-order valence-electron chi connectivity index (χ0n) is 13.5. The second kappa shape index (κ2) is 8.02. The van der Waals surface area contributed by atoms with Crippen LogP contribution in [-0.4, -0.2) is 20.1 Å². The van der Waals surface area contributed by atoms with Crippen LogP contribution in [0.2, 0.25) is 0 Å². The van der Waals surface area contributed by atoms with Crippen LogP contribution < -0.4 is 14.8 Å². The van der Waals surface area contributed by atoms with Gasteiger partial charge in [-0.1, -0.05) is 22.0 Å². The number of methoxy groups -OCH3 is 2. The second-order valence-corrected chi connectivity index (χ2v) is 6.06. The molecule has 0 unspecified atom stereocenters. The summed E-state index contributed by atoms with van der Waals surface area (Å²) in [5.41, 5.74) is 2.93. The van der Waals surface area contributed by atoms with Crippen molar-refractivity contribution in [1.82, 2.24) is 0 Å². The van der Waals surface area contributed by atoms with Gasteiger partial charge >= 0.3 is 0 Å². The van der Waals surface area contributed by atoms with Crippen LogP contribution in [0.3, 0.4) is 0 Å². The van der Waals surface area contributed by atoms with Crippen molar-refractivity contribution in [3.05, 3.63) is 52.0 Å². The van der Waals surface area contributed by atoms with Gasteiger partial charge in [0.1, 0.15) is 0 Å². The van der Waals surface area contributed by atoms with Gasteiger partial charge in [0.2, 0.25) is 5.91 Å². The molecule has 0 atom stereocenters. The fourth-order valence-corrected chi connectivity index (χ4v) is 2.49. The minimum absolute atomic E-state index is 0.0125. The molecule has 5 heteroatoms. The molecule has 0 aromatic heterocycles. The first-order valence-electron chi connectivity index (χ1n) is 7.30. The maximum Gasteiger partial charge on any atom is 0.224 e. The summed E-state index contributed by atoms with van der Waals surface area (Å²) in [6.45, 7) is 1.99. The van der Waals surface area contributed by atoms with Crippen molar-refractivity contribution in [2.75, 3.05) is 19.5 Å². The minimum atomic E-state index is -0.0125. The molecule has 2 rings (SSSR count). The summed E-state index contributed by atoms with van der Waals surface area (Å²) in [5.74, 6) is 1.35. The summed E-state index contributed by atoms with van der Waals surface area (Å²) < 4.78 is 11.5. The third-order valence-corrected chi connectivity index (χ3v) is 4.42. The molecule has 23 heavy (non-hydrogen) atoms. The lowest BCUT2D eigenvalue weighted by molar-refractivity contribution is -0.116. The van der Waals surface area contributed by atoms with Crippen LogP contribution in [0.15, 0.2) is 40.9 Å². The average molecular weight is 378 g/mol. The SMILES string of the molecule is COc1ccc(CCC(=O)Nc2ccc(Br)c(C)c2)cc1OC. The molecule has 2 aromatic rings. The van der Waals surface area contributed by atoms with Crippen LogP contribution in [0, 0.1) is 6.92 Å². The van der Waals surface area contributed by atoms with Crippen molar-refractivity contribution in [3.8, 4) is 11.5 Å². The number of nitrogens with one attached hydrogen (secondary N) is 1. The number of aryl methyl sites for hydroxylation is 2. The molecule has 1 N–H and O–H groups in total. The van der Waals surface area contributed by atoms with E-state index in [0.29, 0.717) is 24.3 Å². The van der Waals surface area contributed by atoms with Crippen molar-refractivity contribution in [3.63, 3.8) is 0 Å². The number of halogens is 1. The summed E-state index contributed by atoms with van der Waals surface area (Å²) in [5, 5.41) is 2.92. The van der Waals surface area contributed by atoms with Gasteiger partial charge in [-0.05, 0) is 54.8 Å². The Bertz CT molecular complexity index is 701.